The van der Waals surface area contributed by atoms with Gasteiger partial charge in [0.05, 0.1) is 0 Å². The van der Waals surface area contributed by atoms with E-state index in [0.717, 1.165) is 11.4 Å². The van der Waals surface area contributed by atoms with Crippen molar-refractivity contribution in [2.24, 2.45) is 0 Å². The zero-order valence-electron chi connectivity index (χ0n) is 8.06. The Labute approximate surface area is 92.2 Å². The van der Waals surface area contributed by atoms with Gasteiger partial charge in [0.25, 0.3) is 0 Å². The van der Waals surface area contributed by atoms with E-state index in [1.165, 1.54) is 16.7 Å². The molecule has 0 unspecified atom stereocenters. The number of hydrogen-bond donors (Lipinski definition) is 2. The summed E-state index contributed by atoms with van der Waals surface area (Å²) in [5, 5.41) is 10.6. The number of benzene rings is 1. The van der Waals surface area contributed by atoms with Crippen molar-refractivity contribution in [2.75, 3.05) is 17.6 Å². The highest BCUT2D eigenvalue weighted by Gasteiger charge is 2.23. The first-order valence-corrected chi connectivity index (χ1v) is 5.61. The molecule has 2 amide bonds. The van der Waals surface area contributed by atoms with E-state index in [0.29, 0.717) is 11.7 Å². The summed E-state index contributed by atoms with van der Waals surface area (Å²) in [6.45, 7) is 0.613. The molecule has 0 aromatic heterocycles. The maximum atomic E-state index is 11.7. The van der Waals surface area contributed by atoms with Crippen LogP contribution >= 0.6 is 11.8 Å². The molecule has 1 aromatic rings. The van der Waals surface area contributed by atoms with Gasteiger partial charge in [0.2, 0.25) is 0 Å². The standard InChI is InChI=1S/C10H11N3OS/c11-9-13(6-7-15-9)10(14)12-8-4-2-1-3-5-8/h1-5,11H,6-7H2,(H,12,14). The minimum Gasteiger partial charge on any atom is -0.307 e. The molecular formula is C10H11N3OS. The van der Waals surface area contributed by atoms with E-state index < -0.39 is 0 Å². The molecule has 1 aromatic carbocycles. The molecule has 5 heteroatoms. The van der Waals surface area contributed by atoms with Gasteiger partial charge in [-0.25, -0.2) is 4.79 Å². The number of carbonyl (C=O) groups is 1. The average Bonchev–Trinajstić information content (AvgIpc) is 2.66. The van der Waals surface area contributed by atoms with Crippen LogP contribution in [-0.2, 0) is 0 Å². The molecule has 0 atom stereocenters. The van der Waals surface area contributed by atoms with Crippen LogP contribution in [0.3, 0.4) is 0 Å². The van der Waals surface area contributed by atoms with Crippen molar-refractivity contribution in [1.29, 1.82) is 5.41 Å². The second kappa shape index (κ2) is 4.35. The van der Waals surface area contributed by atoms with Crippen LogP contribution < -0.4 is 5.32 Å². The van der Waals surface area contributed by atoms with Crippen LogP contribution in [0.2, 0.25) is 0 Å². The molecule has 0 bridgehead atoms. The maximum absolute atomic E-state index is 11.7. The van der Waals surface area contributed by atoms with Crippen molar-refractivity contribution in [3.63, 3.8) is 0 Å². The van der Waals surface area contributed by atoms with Crippen LogP contribution in [0.5, 0.6) is 0 Å². The van der Waals surface area contributed by atoms with Crippen LogP contribution in [0.25, 0.3) is 0 Å². The fourth-order valence-electron chi connectivity index (χ4n) is 1.32. The summed E-state index contributed by atoms with van der Waals surface area (Å²) >= 11 is 1.39. The fourth-order valence-corrected chi connectivity index (χ4v) is 2.12. The topological polar surface area (TPSA) is 56.2 Å². The number of anilines is 1. The third kappa shape index (κ3) is 2.30. The zero-order chi connectivity index (χ0) is 10.7. The molecular weight excluding hydrogens is 210 g/mol. The van der Waals surface area contributed by atoms with Crippen molar-refractivity contribution < 1.29 is 4.79 Å². The summed E-state index contributed by atoms with van der Waals surface area (Å²) in [6, 6.07) is 9.04. The first-order valence-electron chi connectivity index (χ1n) is 4.62. The van der Waals surface area contributed by atoms with E-state index in [1.54, 1.807) is 0 Å². The maximum Gasteiger partial charge on any atom is 0.327 e. The summed E-state index contributed by atoms with van der Waals surface area (Å²) in [5.41, 5.74) is 0.757. The molecule has 1 aliphatic rings. The highest BCUT2D eigenvalue weighted by molar-refractivity contribution is 8.14. The number of nitrogens with one attached hydrogen (secondary N) is 2. The van der Waals surface area contributed by atoms with Gasteiger partial charge in [-0.3, -0.25) is 10.3 Å². The molecule has 1 fully saturated rings. The quantitative estimate of drug-likeness (QED) is 0.763. The molecule has 0 aliphatic carbocycles. The Morgan fingerprint density at radius 1 is 1.40 bits per heavy atom. The summed E-state index contributed by atoms with van der Waals surface area (Å²) in [6.07, 6.45) is 0. The molecule has 2 N–H and O–H groups in total. The van der Waals surface area contributed by atoms with Crippen LogP contribution in [0.1, 0.15) is 0 Å². The summed E-state index contributed by atoms with van der Waals surface area (Å²) in [7, 11) is 0. The van der Waals surface area contributed by atoms with Gasteiger partial charge in [0.1, 0.15) is 0 Å². The number of nitrogens with zero attached hydrogens (tertiary/aromatic N) is 1. The Morgan fingerprint density at radius 2 is 2.13 bits per heavy atom. The second-order valence-corrected chi connectivity index (χ2v) is 4.19. The Morgan fingerprint density at radius 3 is 2.73 bits per heavy atom. The number of carbonyl (C=O) groups excluding carboxylic acids is 1. The Hall–Kier alpha value is -1.49. The van der Waals surface area contributed by atoms with E-state index in [9.17, 15) is 4.79 Å². The largest absolute Gasteiger partial charge is 0.327 e. The van der Waals surface area contributed by atoms with Crippen molar-refractivity contribution >= 4 is 28.6 Å². The normalized spacial score (nSPS) is 15.5. The number of amidine groups is 1. The van der Waals surface area contributed by atoms with Gasteiger partial charge in [-0.2, -0.15) is 0 Å². The molecule has 0 spiro atoms. The minimum absolute atomic E-state index is 0.226. The van der Waals surface area contributed by atoms with Crippen LogP contribution in [0.15, 0.2) is 30.3 Å². The van der Waals surface area contributed by atoms with Crippen molar-refractivity contribution in [2.45, 2.75) is 0 Å². The van der Waals surface area contributed by atoms with E-state index in [2.05, 4.69) is 5.32 Å². The number of amides is 2. The van der Waals surface area contributed by atoms with Crippen molar-refractivity contribution in [3.05, 3.63) is 30.3 Å². The number of para-hydroxylation sites is 1. The molecule has 1 saturated heterocycles. The highest BCUT2D eigenvalue weighted by Crippen LogP contribution is 2.17. The van der Waals surface area contributed by atoms with E-state index in [1.807, 2.05) is 30.3 Å². The fraction of sp³-hybridized carbons (Fsp3) is 0.200. The molecule has 1 aliphatic heterocycles. The van der Waals surface area contributed by atoms with Gasteiger partial charge in [-0.1, -0.05) is 30.0 Å². The average molecular weight is 221 g/mol. The molecule has 78 valence electrons. The Bertz CT molecular complexity index is 380. The van der Waals surface area contributed by atoms with Gasteiger partial charge in [-0.15, -0.1) is 0 Å². The second-order valence-electron chi connectivity index (χ2n) is 3.10. The molecule has 2 rings (SSSR count). The van der Waals surface area contributed by atoms with Crippen molar-refractivity contribution in [3.8, 4) is 0 Å². The van der Waals surface area contributed by atoms with Crippen LogP contribution in [0, 0.1) is 5.41 Å². The van der Waals surface area contributed by atoms with E-state index in [4.69, 9.17) is 5.41 Å². The summed E-state index contributed by atoms with van der Waals surface area (Å²) in [5.74, 6) is 0.807. The van der Waals surface area contributed by atoms with Gasteiger partial charge in [-0.05, 0) is 12.1 Å². The predicted octanol–water partition coefficient (Wildman–Crippen LogP) is 2.20. The lowest BCUT2D eigenvalue weighted by Crippen LogP contribution is -2.35. The number of urea groups is 1. The molecule has 0 radical (unpaired) electrons. The van der Waals surface area contributed by atoms with Gasteiger partial charge in [0, 0.05) is 18.0 Å². The lowest BCUT2D eigenvalue weighted by Gasteiger charge is -2.15. The monoisotopic (exact) mass is 221 g/mol. The zero-order valence-corrected chi connectivity index (χ0v) is 8.88. The smallest absolute Gasteiger partial charge is 0.307 e. The highest BCUT2D eigenvalue weighted by atomic mass is 32.2. The number of hydrogen-bond acceptors (Lipinski definition) is 3. The first kappa shape index (κ1) is 10.0. The van der Waals surface area contributed by atoms with E-state index in [-0.39, 0.29) is 6.03 Å². The first-order chi connectivity index (χ1) is 7.27. The number of rotatable bonds is 1. The molecule has 15 heavy (non-hydrogen) atoms. The third-order valence-corrected chi connectivity index (χ3v) is 2.95. The van der Waals surface area contributed by atoms with E-state index >= 15 is 0 Å². The van der Waals surface area contributed by atoms with Gasteiger partial charge < -0.3 is 5.32 Å². The Balaban J connectivity index is 2.01. The molecule has 0 saturated carbocycles. The lowest BCUT2D eigenvalue weighted by molar-refractivity contribution is 0.236. The predicted molar refractivity (Wildman–Crippen MR) is 62.4 cm³/mol. The third-order valence-electron chi connectivity index (χ3n) is 2.07. The lowest BCUT2D eigenvalue weighted by atomic mass is 10.3. The van der Waals surface area contributed by atoms with Crippen LogP contribution in [-0.4, -0.2) is 28.4 Å². The number of thioether (sulfide) groups is 1. The van der Waals surface area contributed by atoms with Crippen LogP contribution in [0.4, 0.5) is 10.5 Å². The summed E-state index contributed by atoms with van der Waals surface area (Å²) < 4.78 is 0. The van der Waals surface area contributed by atoms with Gasteiger partial charge >= 0.3 is 6.03 Å². The minimum atomic E-state index is -0.226. The van der Waals surface area contributed by atoms with Gasteiger partial charge in [0.15, 0.2) is 5.17 Å². The molecule has 1 heterocycles. The summed E-state index contributed by atoms with van der Waals surface area (Å²) in [4.78, 5) is 13.1. The Kier molecular flexibility index (Phi) is 2.91. The SMILES string of the molecule is N=C1SCCN1C(=O)Nc1ccccc1. The van der Waals surface area contributed by atoms with Crippen molar-refractivity contribution in [1.82, 2.24) is 4.90 Å². The molecule has 4 nitrogen and oxygen atoms in total.